The number of aliphatic hydroxyl groups excluding tert-OH is 1. The van der Waals surface area contributed by atoms with Gasteiger partial charge in [-0.05, 0) is 55.0 Å². The van der Waals surface area contributed by atoms with E-state index in [4.69, 9.17) is 4.74 Å². The van der Waals surface area contributed by atoms with Gasteiger partial charge in [0.15, 0.2) is 0 Å². The fraction of sp³-hybridized carbons (Fsp3) is 0.400. The highest BCUT2D eigenvalue weighted by Crippen LogP contribution is 2.51. The first-order valence-electron chi connectivity index (χ1n) is 8.69. The highest BCUT2D eigenvalue weighted by molar-refractivity contribution is 7.98. The third kappa shape index (κ3) is 3.12. The van der Waals surface area contributed by atoms with Gasteiger partial charge in [-0.15, -0.1) is 11.8 Å². The number of hydrogen-bond donors (Lipinski definition) is 3. The monoisotopic (exact) mass is 357 g/mol. The molecule has 2 aromatic carbocycles. The van der Waals surface area contributed by atoms with E-state index < -0.39 is 0 Å². The summed E-state index contributed by atoms with van der Waals surface area (Å²) in [5.41, 5.74) is 3.32. The third-order valence-electron chi connectivity index (χ3n) is 5.29. The molecule has 0 saturated carbocycles. The maximum atomic E-state index is 9.89. The Morgan fingerprint density at radius 2 is 2.08 bits per heavy atom. The maximum Gasteiger partial charge on any atom is 0.115 e. The van der Waals surface area contributed by atoms with Gasteiger partial charge < -0.3 is 20.3 Å². The topological polar surface area (TPSA) is 61.7 Å². The molecule has 4 rings (SSSR count). The van der Waals surface area contributed by atoms with Crippen molar-refractivity contribution in [1.82, 2.24) is 0 Å². The molecule has 2 aliphatic rings. The predicted octanol–water partition coefficient (Wildman–Crippen LogP) is 4.11. The molecule has 25 heavy (non-hydrogen) atoms. The molecule has 1 fully saturated rings. The summed E-state index contributed by atoms with van der Waals surface area (Å²) in [4.78, 5) is 1.21. The van der Waals surface area contributed by atoms with E-state index in [-0.39, 0.29) is 36.5 Å². The summed E-state index contributed by atoms with van der Waals surface area (Å²) >= 11 is 1.72. The first-order chi connectivity index (χ1) is 12.2. The van der Waals surface area contributed by atoms with Crippen LogP contribution < -0.4 is 5.32 Å². The molecule has 0 amide bonds. The molecule has 0 bridgehead atoms. The number of aromatic hydroxyl groups is 1. The van der Waals surface area contributed by atoms with Crippen molar-refractivity contribution < 1.29 is 14.9 Å². The number of rotatable bonds is 3. The number of nitrogens with one attached hydrogen (secondary N) is 1. The average Bonchev–Trinajstić information content (AvgIpc) is 2.66. The molecule has 3 N–H and O–H groups in total. The van der Waals surface area contributed by atoms with E-state index in [0.29, 0.717) is 0 Å². The van der Waals surface area contributed by atoms with Crippen molar-refractivity contribution in [3.63, 3.8) is 0 Å². The standard InChI is InChI=1S/C20H23NO3S/c1-25-15-6-8-18-17(10-15)20-16(7-5-14(11-22)24-20)19(21-18)12-3-2-4-13(23)9-12/h2-4,6,8-10,14,16,19-23H,5,7,11H2,1H3/t14?,16-,19+,20-/m0/s1. The molecule has 2 aromatic rings. The van der Waals surface area contributed by atoms with Gasteiger partial charge in [0.05, 0.1) is 24.9 Å². The summed E-state index contributed by atoms with van der Waals surface area (Å²) in [6, 6.07) is 14.0. The highest BCUT2D eigenvalue weighted by Gasteiger charge is 2.42. The second kappa shape index (κ2) is 6.90. The summed E-state index contributed by atoms with van der Waals surface area (Å²) in [5.74, 6) is 0.554. The van der Waals surface area contributed by atoms with Crippen molar-refractivity contribution in [2.45, 2.75) is 36.0 Å². The van der Waals surface area contributed by atoms with Crippen LogP contribution in [0.2, 0.25) is 0 Å². The van der Waals surface area contributed by atoms with Gasteiger partial charge >= 0.3 is 0 Å². The van der Waals surface area contributed by atoms with Gasteiger partial charge in [-0.3, -0.25) is 0 Å². The summed E-state index contributed by atoms with van der Waals surface area (Å²) in [6.07, 6.45) is 3.76. The number of ether oxygens (including phenoxy) is 1. The van der Waals surface area contributed by atoms with Crippen molar-refractivity contribution in [2.75, 3.05) is 18.2 Å². The smallest absolute Gasteiger partial charge is 0.115 e. The van der Waals surface area contributed by atoms with Crippen LogP contribution in [0.25, 0.3) is 0 Å². The Kier molecular flexibility index (Phi) is 4.63. The molecule has 0 aliphatic carbocycles. The Hall–Kier alpha value is -1.69. The number of anilines is 1. The number of hydrogen-bond acceptors (Lipinski definition) is 5. The van der Waals surface area contributed by atoms with Gasteiger partial charge in [0, 0.05) is 22.1 Å². The van der Waals surface area contributed by atoms with Gasteiger partial charge in [0.2, 0.25) is 0 Å². The minimum Gasteiger partial charge on any atom is -0.508 e. The van der Waals surface area contributed by atoms with Crippen LogP contribution in [0.3, 0.4) is 0 Å². The molecule has 0 radical (unpaired) electrons. The van der Waals surface area contributed by atoms with E-state index in [0.717, 1.165) is 24.1 Å². The van der Waals surface area contributed by atoms with Crippen LogP contribution in [0.15, 0.2) is 47.4 Å². The second-order valence-corrected chi connectivity index (χ2v) is 7.65. The quantitative estimate of drug-likeness (QED) is 0.722. The van der Waals surface area contributed by atoms with Crippen molar-refractivity contribution in [1.29, 1.82) is 0 Å². The Balaban J connectivity index is 1.76. The van der Waals surface area contributed by atoms with E-state index in [2.05, 4.69) is 29.8 Å². The molecule has 0 spiro atoms. The first kappa shape index (κ1) is 16.8. The number of phenolic OH excluding ortho intramolecular Hbond substituents is 1. The molecule has 1 saturated heterocycles. The molecular formula is C20H23NO3S. The second-order valence-electron chi connectivity index (χ2n) is 6.77. The molecular weight excluding hydrogens is 334 g/mol. The lowest BCUT2D eigenvalue weighted by Crippen LogP contribution is -2.40. The Morgan fingerprint density at radius 3 is 2.84 bits per heavy atom. The fourth-order valence-electron chi connectivity index (χ4n) is 4.04. The van der Waals surface area contributed by atoms with Crippen molar-refractivity contribution >= 4 is 17.4 Å². The van der Waals surface area contributed by atoms with Crippen LogP contribution in [0.4, 0.5) is 5.69 Å². The minimum atomic E-state index is -0.102. The molecule has 0 aromatic heterocycles. The fourth-order valence-corrected chi connectivity index (χ4v) is 4.49. The predicted molar refractivity (Wildman–Crippen MR) is 100 cm³/mol. The molecule has 1 unspecified atom stereocenters. The Bertz CT molecular complexity index is 766. The van der Waals surface area contributed by atoms with Gasteiger partial charge in [-0.2, -0.15) is 0 Å². The Labute approximate surface area is 152 Å². The molecule has 2 aliphatic heterocycles. The van der Waals surface area contributed by atoms with E-state index in [1.807, 2.05) is 18.2 Å². The molecule has 5 heteroatoms. The lowest BCUT2D eigenvalue weighted by molar-refractivity contribution is -0.110. The van der Waals surface area contributed by atoms with Gasteiger partial charge in [-0.1, -0.05) is 12.1 Å². The maximum absolute atomic E-state index is 9.89. The Morgan fingerprint density at radius 1 is 1.20 bits per heavy atom. The number of phenols is 1. The van der Waals surface area contributed by atoms with E-state index in [9.17, 15) is 10.2 Å². The third-order valence-corrected chi connectivity index (χ3v) is 6.01. The van der Waals surface area contributed by atoms with Crippen molar-refractivity contribution in [3.8, 4) is 5.75 Å². The van der Waals surface area contributed by atoms with Crippen LogP contribution in [0.5, 0.6) is 5.75 Å². The molecule has 2 heterocycles. The largest absolute Gasteiger partial charge is 0.508 e. The summed E-state index contributed by atoms with van der Waals surface area (Å²) in [6.45, 7) is 0.0605. The van der Waals surface area contributed by atoms with Gasteiger partial charge in [0.25, 0.3) is 0 Å². The summed E-state index contributed by atoms with van der Waals surface area (Å²) < 4.78 is 6.29. The SMILES string of the molecule is CSc1ccc2c(c1)[C@H]1OC(CO)CC[C@H]1[C@@H](c1cccc(O)c1)N2. The highest BCUT2D eigenvalue weighted by atomic mass is 32.2. The number of benzene rings is 2. The molecule has 4 nitrogen and oxygen atoms in total. The number of fused-ring (bicyclic) bond motifs is 3. The van der Waals surface area contributed by atoms with Crippen LogP contribution in [-0.2, 0) is 4.74 Å². The zero-order valence-corrected chi connectivity index (χ0v) is 15.0. The van der Waals surface area contributed by atoms with E-state index >= 15 is 0 Å². The molecule has 132 valence electrons. The van der Waals surface area contributed by atoms with Crippen molar-refractivity contribution in [2.24, 2.45) is 5.92 Å². The van der Waals surface area contributed by atoms with Crippen LogP contribution in [0.1, 0.15) is 36.1 Å². The van der Waals surface area contributed by atoms with Crippen molar-refractivity contribution in [3.05, 3.63) is 53.6 Å². The average molecular weight is 357 g/mol. The van der Waals surface area contributed by atoms with E-state index in [1.165, 1.54) is 10.5 Å². The van der Waals surface area contributed by atoms with Crippen LogP contribution in [-0.4, -0.2) is 29.2 Å². The minimum absolute atomic E-state index is 0.0402. The zero-order chi connectivity index (χ0) is 17.4. The number of aliphatic hydroxyl groups is 1. The first-order valence-corrected chi connectivity index (χ1v) is 9.92. The van der Waals surface area contributed by atoms with Crippen LogP contribution in [0, 0.1) is 5.92 Å². The molecule has 4 atom stereocenters. The number of thioether (sulfide) groups is 1. The zero-order valence-electron chi connectivity index (χ0n) is 14.2. The van der Waals surface area contributed by atoms with E-state index in [1.54, 1.807) is 17.8 Å². The lowest BCUT2D eigenvalue weighted by atomic mass is 9.76. The summed E-state index contributed by atoms with van der Waals surface area (Å²) in [7, 11) is 0. The normalized spacial score (nSPS) is 27.9. The van der Waals surface area contributed by atoms with Gasteiger partial charge in [0.1, 0.15) is 5.75 Å². The van der Waals surface area contributed by atoms with Crippen LogP contribution >= 0.6 is 11.8 Å². The van der Waals surface area contributed by atoms with Gasteiger partial charge in [-0.25, -0.2) is 0 Å². The lowest BCUT2D eigenvalue weighted by Gasteiger charge is -2.45. The summed E-state index contributed by atoms with van der Waals surface area (Å²) in [5, 5.41) is 23.1.